The fraction of sp³-hybridized carbons (Fsp3) is 0.650. The number of amides is 1. The lowest BCUT2D eigenvalue weighted by Crippen LogP contribution is -2.58. The molecule has 3 rings (SSSR count). The van der Waals surface area contributed by atoms with Gasteiger partial charge in [-0.25, -0.2) is 0 Å². The van der Waals surface area contributed by atoms with E-state index in [9.17, 15) is 9.90 Å². The van der Waals surface area contributed by atoms with Crippen molar-refractivity contribution in [2.75, 3.05) is 24.5 Å². The highest BCUT2D eigenvalue weighted by atomic mass is 16.3. The Balaban J connectivity index is 1.70. The average Bonchev–Trinajstić information content (AvgIpc) is 2.54. The lowest BCUT2D eigenvalue weighted by atomic mass is 9.73. The Hall–Kier alpha value is -1.39. The summed E-state index contributed by atoms with van der Waals surface area (Å²) in [5.41, 5.74) is 1.09. The second-order valence-corrected chi connectivity index (χ2v) is 8.31. The first-order valence-electron chi connectivity index (χ1n) is 9.16. The first kappa shape index (κ1) is 17.4. The summed E-state index contributed by atoms with van der Waals surface area (Å²) < 4.78 is 0. The van der Waals surface area contributed by atoms with E-state index in [1.165, 1.54) is 0 Å². The molecule has 4 nitrogen and oxygen atoms in total. The number of benzene rings is 1. The zero-order chi connectivity index (χ0) is 17.3. The largest absolute Gasteiger partial charge is 0.391 e. The molecule has 1 aromatic rings. The molecule has 0 radical (unpaired) electrons. The monoisotopic (exact) mass is 330 g/mol. The molecule has 2 heterocycles. The Morgan fingerprint density at radius 1 is 1.08 bits per heavy atom. The molecule has 24 heavy (non-hydrogen) atoms. The highest BCUT2D eigenvalue weighted by Gasteiger charge is 2.41. The molecule has 132 valence electrons. The zero-order valence-electron chi connectivity index (χ0n) is 15.1. The molecule has 3 atom stereocenters. The smallest absolute Gasteiger partial charge is 0.244 e. The molecule has 0 aliphatic carbocycles. The predicted molar refractivity (Wildman–Crippen MR) is 97.0 cm³/mol. The SMILES string of the molecule is CC(C)(C)[C@@H]1CCN([C@H]2CCCN(c3ccccc3)C2=O)C[C@@H]1O. The van der Waals surface area contributed by atoms with Gasteiger partial charge in [0.25, 0.3) is 0 Å². The second-order valence-electron chi connectivity index (χ2n) is 8.31. The fourth-order valence-corrected chi connectivity index (χ4v) is 4.31. The zero-order valence-corrected chi connectivity index (χ0v) is 15.1. The number of aliphatic hydroxyl groups excluding tert-OH is 1. The van der Waals surface area contributed by atoms with Gasteiger partial charge in [0.15, 0.2) is 0 Å². The van der Waals surface area contributed by atoms with Crippen molar-refractivity contribution >= 4 is 11.6 Å². The Morgan fingerprint density at radius 3 is 2.42 bits per heavy atom. The minimum atomic E-state index is -0.348. The Morgan fingerprint density at radius 2 is 1.79 bits per heavy atom. The van der Waals surface area contributed by atoms with Crippen molar-refractivity contribution in [2.24, 2.45) is 11.3 Å². The molecule has 4 heteroatoms. The van der Waals surface area contributed by atoms with Gasteiger partial charge in [-0.2, -0.15) is 0 Å². The summed E-state index contributed by atoms with van der Waals surface area (Å²) in [6, 6.07) is 9.84. The molecule has 2 aliphatic heterocycles. The van der Waals surface area contributed by atoms with Crippen molar-refractivity contribution in [2.45, 2.75) is 52.2 Å². The molecule has 0 aromatic heterocycles. The molecule has 0 spiro atoms. The van der Waals surface area contributed by atoms with Gasteiger partial charge in [-0.1, -0.05) is 39.0 Å². The molecule has 0 unspecified atom stereocenters. The van der Waals surface area contributed by atoms with E-state index < -0.39 is 0 Å². The summed E-state index contributed by atoms with van der Waals surface area (Å²) >= 11 is 0. The Kier molecular flexibility index (Phi) is 4.97. The molecule has 2 fully saturated rings. The first-order valence-corrected chi connectivity index (χ1v) is 9.16. The Labute approximate surface area is 145 Å². The number of piperidine rings is 2. The van der Waals surface area contributed by atoms with Crippen LogP contribution in [0.15, 0.2) is 30.3 Å². The summed E-state index contributed by atoms with van der Waals surface area (Å²) in [6.07, 6.45) is 2.52. The minimum Gasteiger partial charge on any atom is -0.391 e. The maximum absolute atomic E-state index is 13.0. The van der Waals surface area contributed by atoms with E-state index in [4.69, 9.17) is 0 Å². The number of rotatable bonds is 2. The number of carbonyl (C=O) groups excluding carboxylic acids is 1. The van der Waals surface area contributed by atoms with E-state index in [1.54, 1.807) is 0 Å². The van der Waals surface area contributed by atoms with Crippen molar-refractivity contribution in [3.05, 3.63) is 30.3 Å². The Bertz CT molecular complexity index is 567. The third kappa shape index (κ3) is 3.50. The summed E-state index contributed by atoms with van der Waals surface area (Å²) in [5.74, 6) is 0.492. The first-order chi connectivity index (χ1) is 11.4. The van der Waals surface area contributed by atoms with Crippen LogP contribution < -0.4 is 4.90 Å². The summed E-state index contributed by atoms with van der Waals surface area (Å²) in [5, 5.41) is 10.6. The lowest BCUT2D eigenvalue weighted by Gasteiger charge is -2.46. The van der Waals surface area contributed by atoms with E-state index in [-0.39, 0.29) is 23.5 Å². The lowest BCUT2D eigenvalue weighted by molar-refractivity contribution is -0.128. The standard InChI is InChI=1S/C20H30N2O2/c1-20(2,3)16-11-13-21(14-18(16)23)17-10-7-12-22(19(17)24)15-8-5-4-6-9-15/h4-6,8-9,16-18,23H,7,10-14H2,1-3H3/t16-,17+,18+/m1/s1. The number of hydrogen-bond acceptors (Lipinski definition) is 3. The van der Waals surface area contributed by atoms with Crippen molar-refractivity contribution in [1.29, 1.82) is 0 Å². The fourth-order valence-electron chi connectivity index (χ4n) is 4.31. The molecule has 1 aromatic carbocycles. The number of carbonyl (C=O) groups is 1. The van der Waals surface area contributed by atoms with Crippen LogP contribution in [-0.2, 0) is 4.79 Å². The number of β-amino-alcohol motifs (C(OH)–C–C–N with tert-alkyl or cyclic N) is 1. The summed E-state index contributed by atoms with van der Waals surface area (Å²) in [7, 11) is 0. The minimum absolute atomic E-state index is 0.0884. The topological polar surface area (TPSA) is 43.8 Å². The maximum atomic E-state index is 13.0. The van der Waals surface area contributed by atoms with Crippen LogP contribution >= 0.6 is 0 Å². The number of nitrogens with zero attached hydrogens (tertiary/aromatic N) is 2. The molecule has 1 N–H and O–H groups in total. The number of likely N-dealkylation sites (tertiary alicyclic amines) is 1. The van der Waals surface area contributed by atoms with Gasteiger partial charge in [0, 0.05) is 18.8 Å². The summed E-state index contributed by atoms with van der Waals surface area (Å²) in [4.78, 5) is 17.1. The van der Waals surface area contributed by atoms with Gasteiger partial charge >= 0.3 is 0 Å². The van der Waals surface area contributed by atoms with E-state index in [1.807, 2.05) is 35.2 Å². The quantitative estimate of drug-likeness (QED) is 0.907. The molecule has 2 saturated heterocycles. The van der Waals surface area contributed by atoms with Crippen molar-refractivity contribution in [1.82, 2.24) is 4.90 Å². The van der Waals surface area contributed by atoms with Crippen LogP contribution in [0.25, 0.3) is 0 Å². The predicted octanol–water partition coefficient (Wildman–Crippen LogP) is 2.91. The van der Waals surface area contributed by atoms with Crippen LogP contribution in [0.5, 0.6) is 0 Å². The van der Waals surface area contributed by atoms with Gasteiger partial charge < -0.3 is 10.0 Å². The van der Waals surface area contributed by atoms with Crippen LogP contribution in [0, 0.1) is 11.3 Å². The van der Waals surface area contributed by atoms with E-state index in [0.717, 1.165) is 38.0 Å². The normalized spacial score (nSPS) is 29.8. The summed E-state index contributed by atoms with van der Waals surface area (Å²) in [6.45, 7) is 8.89. The van der Waals surface area contributed by atoms with Crippen LogP contribution in [0.1, 0.15) is 40.0 Å². The highest BCUT2D eigenvalue weighted by Crippen LogP contribution is 2.36. The highest BCUT2D eigenvalue weighted by molar-refractivity contribution is 5.97. The van der Waals surface area contributed by atoms with E-state index in [0.29, 0.717) is 12.5 Å². The van der Waals surface area contributed by atoms with Crippen LogP contribution in [0.4, 0.5) is 5.69 Å². The van der Waals surface area contributed by atoms with Crippen LogP contribution in [-0.4, -0.2) is 47.7 Å². The molecule has 0 bridgehead atoms. The molecule has 2 aliphatic rings. The maximum Gasteiger partial charge on any atom is 0.244 e. The van der Waals surface area contributed by atoms with Gasteiger partial charge in [-0.3, -0.25) is 9.69 Å². The van der Waals surface area contributed by atoms with Gasteiger partial charge in [0.2, 0.25) is 5.91 Å². The molecular weight excluding hydrogens is 300 g/mol. The number of para-hydroxylation sites is 1. The number of hydrogen-bond donors (Lipinski definition) is 1. The van der Waals surface area contributed by atoms with Crippen molar-refractivity contribution in [3.8, 4) is 0 Å². The third-order valence-electron chi connectivity index (χ3n) is 5.64. The van der Waals surface area contributed by atoms with Crippen molar-refractivity contribution in [3.63, 3.8) is 0 Å². The molecular formula is C20H30N2O2. The van der Waals surface area contributed by atoms with Gasteiger partial charge in [0.1, 0.15) is 0 Å². The average molecular weight is 330 g/mol. The van der Waals surface area contributed by atoms with Crippen molar-refractivity contribution < 1.29 is 9.90 Å². The van der Waals surface area contributed by atoms with Crippen LogP contribution in [0.2, 0.25) is 0 Å². The van der Waals surface area contributed by atoms with E-state index >= 15 is 0 Å². The molecule has 0 saturated carbocycles. The third-order valence-corrected chi connectivity index (χ3v) is 5.64. The van der Waals surface area contributed by atoms with Gasteiger partial charge in [0.05, 0.1) is 12.1 Å². The number of aliphatic hydroxyl groups is 1. The van der Waals surface area contributed by atoms with E-state index in [2.05, 4.69) is 25.7 Å². The van der Waals surface area contributed by atoms with Gasteiger partial charge in [-0.15, -0.1) is 0 Å². The number of anilines is 1. The van der Waals surface area contributed by atoms with Gasteiger partial charge in [-0.05, 0) is 49.3 Å². The second kappa shape index (κ2) is 6.85. The molecule has 1 amide bonds. The van der Waals surface area contributed by atoms with Crippen LogP contribution in [0.3, 0.4) is 0 Å².